The third kappa shape index (κ3) is 0.554. The van der Waals surface area contributed by atoms with Crippen molar-refractivity contribution in [2.75, 3.05) is 0 Å². The Morgan fingerprint density at radius 2 is 2.27 bits per heavy atom. The fourth-order valence-electron chi connectivity index (χ4n) is 2.14. The van der Waals surface area contributed by atoms with Crippen LogP contribution < -0.4 is 0 Å². The van der Waals surface area contributed by atoms with Crippen LogP contribution in [-0.4, -0.2) is 24.3 Å². The molecule has 3 fully saturated rings. The summed E-state index contributed by atoms with van der Waals surface area (Å²) in [6.45, 7) is 3.70. The number of fused-ring (bicyclic) bond motifs is 3. The van der Waals surface area contributed by atoms with Gasteiger partial charge in [-0.2, -0.15) is 0 Å². The maximum absolute atomic E-state index is 11.0. The number of carbonyl (C=O) groups is 1. The summed E-state index contributed by atoms with van der Waals surface area (Å²) < 4.78 is 10.4. The summed E-state index contributed by atoms with van der Waals surface area (Å²) in [5.41, 5.74) is 0.611. The highest BCUT2D eigenvalue weighted by atomic mass is 16.6. The van der Waals surface area contributed by atoms with Crippen molar-refractivity contribution in [2.45, 2.75) is 24.7 Å². The minimum absolute atomic E-state index is 0.0822. The van der Waals surface area contributed by atoms with Gasteiger partial charge in [-0.3, -0.25) is 0 Å². The predicted octanol–water partition coefficient (Wildman–Crippen LogP) is 0.255. The molecule has 0 radical (unpaired) electrons. The van der Waals surface area contributed by atoms with Crippen LogP contribution in [0.25, 0.3) is 0 Å². The van der Waals surface area contributed by atoms with Gasteiger partial charge in [0.15, 0.2) is 0 Å². The van der Waals surface area contributed by atoms with Gasteiger partial charge in [-0.15, -0.1) is 0 Å². The molecule has 0 spiro atoms. The highest BCUT2D eigenvalue weighted by Crippen LogP contribution is 2.50. The molecular formula is C8H8O3. The molecule has 0 N–H and O–H groups in total. The van der Waals surface area contributed by atoms with Crippen molar-refractivity contribution in [3.05, 3.63) is 12.2 Å². The monoisotopic (exact) mass is 152 g/mol. The lowest BCUT2D eigenvalue weighted by molar-refractivity contribution is -0.139. The number of carbonyl (C=O) groups excluding carboxylic acids is 1. The Morgan fingerprint density at radius 1 is 1.45 bits per heavy atom. The molecule has 2 aliphatic heterocycles. The summed E-state index contributed by atoms with van der Waals surface area (Å²) in [5.74, 6) is -0.0542. The molecule has 11 heavy (non-hydrogen) atoms. The van der Waals surface area contributed by atoms with Gasteiger partial charge >= 0.3 is 5.97 Å². The second-order valence-electron chi connectivity index (χ2n) is 3.37. The lowest BCUT2D eigenvalue weighted by atomic mass is 9.99. The lowest BCUT2D eigenvalue weighted by Gasteiger charge is -2.08. The van der Waals surface area contributed by atoms with Crippen LogP contribution in [-0.2, 0) is 14.3 Å². The van der Waals surface area contributed by atoms with Crippen LogP contribution in [0.1, 0.15) is 6.42 Å². The van der Waals surface area contributed by atoms with E-state index >= 15 is 0 Å². The van der Waals surface area contributed by atoms with Crippen LogP contribution in [0, 0.1) is 5.92 Å². The zero-order valence-corrected chi connectivity index (χ0v) is 5.95. The van der Waals surface area contributed by atoms with Crippen molar-refractivity contribution < 1.29 is 14.3 Å². The van der Waals surface area contributed by atoms with Gasteiger partial charge in [0.1, 0.15) is 6.10 Å². The molecule has 0 bridgehead atoms. The van der Waals surface area contributed by atoms with Crippen LogP contribution in [0.15, 0.2) is 12.2 Å². The van der Waals surface area contributed by atoms with Crippen LogP contribution in [0.2, 0.25) is 0 Å². The zero-order chi connectivity index (χ0) is 7.59. The predicted molar refractivity (Wildman–Crippen MR) is 35.8 cm³/mol. The number of hydrogen-bond acceptors (Lipinski definition) is 3. The van der Waals surface area contributed by atoms with Gasteiger partial charge in [-0.1, -0.05) is 6.58 Å². The molecule has 4 unspecified atom stereocenters. The van der Waals surface area contributed by atoms with Crippen LogP contribution in [0.5, 0.6) is 0 Å². The first-order valence-corrected chi connectivity index (χ1v) is 3.82. The van der Waals surface area contributed by atoms with E-state index in [0.717, 1.165) is 6.42 Å². The largest absolute Gasteiger partial charge is 0.458 e. The number of ether oxygens (including phenoxy) is 2. The zero-order valence-electron chi connectivity index (χ0n) is 5.95. The van der Waals surface area contributed by atoms with Crippen LogP contribution in [0.3, 0.4) is 0 Å². The molecule has 2 saturated heterocycles. The average Bonchev–Trinajstić information content (AvgIpc) is 2.53. The van der Waals surface area contributed by atoms with Crippen molar-refractivity contribution in [3.8, 4) is 0 Å². The van der Waals surface area contributed by atoms with E-state index in [0.29, 0.717) is 11.7 Å². The van der Waals surface area contributed by atoms with E-state index in [1.54, 1.807) is 0 Å². The molecule has 2 heterocycles. The summed E-state index contributed by atoms with van der Waals surface area (Å²) in [6, 6.07) is 0. The SMILES string of the molecule is C=C1C(=O)OC2CC3OC3C12. The molecule has 0 aromatic heterocycles. The summed E-state index contributed by atoms with van der Waals surface area (Å²) in [4.78, 5) is 11.0. The minimum Gasteiger partial charge on any atom is -0.458 e. The van der Waals surface area contributed by atoms with Gasteiger partial charge in [-0.25, -0.2) is 4.79 Å². The average molecular weight is 152 g/mol. The molecule has 3 nitrogen and oxygen atoms in total. The van der Waals surface area contributed by atoms with Gasteiger partial charge in [0.05, 0.1) is 18.1 Å². The molecule has 0 amide bonds. The molecule has 1 aliphatic carbocycles. The van der Waals surface area contributed by atoms with Gasteiger partial charge in [0, 0.05) is 12.0 Å². The molecule has 3 heteroatoms. The Balaban J connectivity index is 1.98. The molecule has 58 valence electrons. The van der Waals surface area contributed by atoms with E-state index in [-0.39, 0.29) is 24.1 Å². The molecule has 0 aromatic rings. The molecule has 0 aromatic carbocycles. The fraction of sp³-hybridized carbons (Fsp3) is 0.625. The quantitative estimate of drug-likeness (QED) is 0.284. The van der Waals surface area contributed by atoms with Gasteiger partial charge in [-0.05, 0) is 0 Å². The Morgan fingerprint density at radius 3 is 3.00 bits per heavy atom. The van der Waals surface area contributed by atoms with Crippen molar-refractivity contribution in [2.24, 2.45) is 5.92 Å². The van der Waals surface area contributed by atoms with Crippen LogP contribution in [0.4, 0.5) is 0 Å². The summed E-state index contributed by atoms with van der Waals surface area (Å²) >= 11 is 0. The highest BCUT2D eigenvalue weighted by molar-refractivity contribution is 5.91. The lowest BCUT2D eigenvalue weighted by Crippen LogP contribution is -2.15. The number of epoxide rings is 1. The van der Waals surface area contributed by atoms with E-state index in [1.807, 2.05) is 0 Å². The molecule has 3 aliphatic rings. The minimum atomic E-state index is -0.228. The molecule has 1 saturated carbocycles. The maximum Gasteiger partial charge on any atom is 0.334 e. The maximum atomic E-state index is 11.0. The first kappa shape index (κ1) is 5.77. The Hall–Kier alpha value is -0.830. The van der Waals surface area contributed by atoms with E-state index in [4.69, 9.17) is 9.47 Å². The van der Waals surface area contributed by atoms with Gasteiger partial charge in [0.25, 0.3) is 0 Å². The van der Waals surface area contributed by atoms with Gasteiger partial charge in [0.2, 0.25) is 0 Å². The first-order valence-electron chi connectivity index (χ1n) is 3.82. The van der Waals surface area contributed by atoms with E-state index in [9.17, 15) is 4.79 Å². The Kier molecular flexibility index (Phi) is 0.790. The first-order chi connectivity index (χ1) is 5.27. The third-order valence-electron chi connectivity index (χ3n) is 2.76. The van der Waals surface area contributed by atoms with Crippen molar-refractivity contribution in [1.82, 2.24) is 0 Å². The van der Waals surface area contributed by atoms with E-state index < -0.39 is 0 Å². The topological polar surface area (TPSA) is 38.8 Å². The van der Waals surface area contributed by atoms with Gasteiger partial charge < -0.3 is 9.47 Å². The number of esters is 1. The Labute approximate surface area is 64.0 Å². The molecular weight excluding hydrogens is 144 g/mol. The highest BCUT2D eigenvalue weighted by Gasteiger charge is 2.61. The fourth-order valence-corrected chi connectivity index (χ4v) is 2.14. The third-order valence-corrected chi connectivity index (χ3v) is 2.76. The van der Waals surface area contributed by atoms with Crippen LogP contribution >= 0.6 is 0 Å². The van der Waals surface area contributed by atoms with E-state index in [1.165, 1.54) is 0 Å². The molecule has 4 atom stereocenters. The van der Waals surface area contributed by atoms with Crippen molar-refractivity contribution in [3.63, 3.8) is 0 Å². The van der Waals surface area contributed by atoms with E-state index in [2.05, 4.69) is 6.58 Å². The second kappa shape index (κ2) is 1.50. The standard InChI is InChI=1S/C8H8O3/c1-3-6-4(11-8(3)9)2-5-7(6)10-5/h4-7H,1-2H2. The normalized spacial score (nSPS) is 52.0. The van der Waals surface area contributed by atoms with Crippen molar-refractivity contribution in [1.29, 1.82) is 0 Å². The number of rotatable bonds is 0. The smallest absolute Gasteiger partial charge is 0.334 e. The summed E-state index contributed by atoms with van der Waals surface area (Å²) in [5, 5.41) is 0. The molecule has 3 rings (SSSR count). The Bertz CT molecular complexity index is 258. The number of hydrogen-bond donors (Lipinski definition) is 0. The van der Waals surface area contributed by atoms with Crippen molar-refractivity contribution >= 4 is 5.97 Å². The summed E-state index contributed by atoms with van der Waals surface area (Å²) in [6.07, 6.45) is 1.56. The second-order valence-corrected chi connectivity index (χ2v) is 3.37. The summed E-state index contributed by atoms with van der Waals surface area (Å²) in [7, 11) is 0.